The number of likely N-dealkylation sites (tertiary alicyclic amines) is 2. The Bertz CT molecular complexity index is 1250. The quantitative estimate of drug-likeness (QED) is 0.0785. The van der Waals surface area contributed by atoms with Gasteiger partial charge in [0, 0.05) is 56.3 Å². The SMILES string of the molecule is C=C(/C(O)=C\C(=C/C)C(=O)NCC)N1CC2CC1CN2C(CC)CCNCc1ccccc1.CCl.Cc1ccc(F)c(F)c1. The molecule has 2 fully saturated rings. The summed E-state index contributed by atoms with van der Waals surface area (Å²) < 4.78 is 24.3. The molecular formula is C35H49ClF2N4O2. The van der Waals surface area contributed by atoms with Gasteiger partial charge in [-0.2, -0.15) is 0 Å². The van der Waals surface area contributed by atoms with Crippen LogP contribution in [0.4, 0.5) is 8.78 Å². The summed E-state index contributed by atoms with van der Waals surface area (Å²) in [4.78, 5) is 17.0. The number of alkyl halides is 1. The van der Waals surface area contributed by atoms with Gasteiger partial charge in [-0.1, -0.05) is 56.0 Å². The van der Waals surface area contributed by atoms with Gasteiger partial charge in [-0.05, 0) is 75.9 Å². The van der Waals surface area contributed by atoms with Crippen LogP contribution in [0, 0.1) is 18.6 Å². The number of rotatable bonds is 12. The lowest BCUT2D eigenvalue weighted by atomic mass is 10.1. The summed E-state index contributed by atoms with van der Waals surface area (Å²) in [6.07, 6.45) is 8.09. The molecule has 2 aromatic carbocycles. The molecule has 2 bridgehead atoms. The smallest absolute Gasteiger partial charge is 0.251 e. The molecule has 0 aromatic heterocycles. The van der Waals surface area contributed by atoms with Gasteiger partial charge in [0.15, 0.2) is 11.6 Å². The second kappa shape index (κ2) is 19.2. The normalized spacial score (nSPS) is 18.6. The van der Waals surface area contributed by atoms with Crippen LogP contribution in [0.1, 0.15) is 51.2 Å². The first-order valence-electron chi connectivity index (χ1n) is 15.3. The number of carbonyl (C=O) groups is 1. The van der Waals surface area contributed by atoms with Crippen molar-refractivity contribution in [3.05, 3.63) is 107 Å². The maximum Gasteiger partial charge on any atom is 0.251 e. The fraction of sp³-hybridized carbons (Fsp3) is 0.457. The molecule has 0 radical (unpaired) electrons. The highest BCUT2D eigenvalue weighted by Crippen LogP contribution is 2.36. The number of hydrogen-bond acceptors (Lipinski definition) is 5. The Morgan fingerprint density at radius 3 is 2.36 bits per heavy atom. The van der Waals surface area contributed by atoms with Crippen molar-refractivity contribution in [3.8, 4) is 0 Å². The number of benzene rings is 2. The molecular weight excluding hydrogens is 582 g/mol. The third kappa shape index (κ3) is 10.8. The Labute approximate surface area is 267 Å². The number of aryl methyl sites for hydroxylation is 1. The number of fused-ring (bicyclic) bond motifs is 2. The van der Waals surface area contributed by atoms with E-state index in [9.17, 15) is 18.7 Å². The van der Waals surface area contributed by atoms with Crippen LogP contribution in [0.3, 0.4) is 0 Å². The molecule has 2 heterocycles. The molecule has 9 heteroatoms. The summed E-state index contributed by atoms with van der Waals surface area (Å²) >= 11 is 4.64. The Morgan fingerprint density at radius 2 is 1.82 bits per heavy atom. The predicted molar refractivity (Wildman–Crippen MR) is 178 cm³/mol. The van der Waals surface area contributed by atoms with Crippen molar-refractivity contribution in [3.63, 3.8) is 0 Å². The molecule has 0 saturated carbocycles. The summed E-state index contributed by atoms with van der Waals surface area (Å²) in [5, 5.41) is 17.0. The molecule has 0 spiro atoms. The van der Waals surface area contributed by atoms with E-state index in [1.165, 1.54) is 24.1 Å². The fourth-order valence-corrected chi connectivity index (χ4v) is 5.70. The van der Waals surface area contributed by atoms with E-state index >= 15 is 0 Å². The lowest BCUT2D eigenvalue weighted by Gasteiger charge is -2.40. The van der Waals surface area contributed by atoms with Gasteiger partial charge in [0.05, 0.1) is 5.70 Å². The average molecular weight is 631 g/mol. The van der Waals surface area contributed by atoms with Crippen molar-refractivity contribution in [1.29, 1.82) is 0 Å². The fourth-order valence-electron chi connectivity index (χ4n) is 5.70. The van der Waals surface area contributed by atoms with Crippen molar-refractivity contribution >= 4 is 17.5 Å². The second-order valence-corrected chi connectivity index (χ2v) is 10.9. The molecule has 3 unspecified atom stereocenters. The van der Waals surface area contributed by atoms with Crippen molar-refractivity contribution in [2.75, 3.05) is 32.6 Å². The highest BCUT2D eigenvalue weighted by atomic mass is 35.5. The number of nitrogens with one attached hydrogen (secondary N) is 2. The van der Waals surface area contributed by atoms with Gasteiger partial charge in [-0.3, -0.25) is 9.69 Å². The van der Waals surface area contributed by atoms with Crippen LogP contribution in [0.15, 0.2) is 84.3 Å². The number of allylic oxidation sites excluding steroid dienone is 1. The topological polar surface area (TPSA) is 67.8 Å². The molecule has 6 nitrogen and oxygen atoms in total. The second-order valence-electron chi connectivity index (χ2n) is 10.9. The van der Waals surface area contributed by atoms with Crippen LogP contribution >= 0.6 is 11.6 Å². The van der Waals surface area contributed by atoms with Crippen LogP contribution in [0.5, 0.6) is 0 Å². The van der Waals surface area contributed by atoms with Gasteiger partial charge in [0.2, 0.25) is 0 Å². The van der Waals surface area contributed by atoms with Crippen LogP contribution < -0.4 is 10.6 Å². The third-order valence-electron chi connectivity index (χ3n) is 7.97. The Kier molecular flexibility index (Phi) is 16.2. The van der Waals surface area contributed by atoms with Gasteiger partial charge in [-0.15, -0.1) is 11.6 Å². The Balaban J connectivity index is 0.000000519. The number of amides is 1. The van der Waals surface area contributed by atoms with Crippen LogP contribution in [0.25, 0.3) is 0 Å². The largest absolute Gasteiger partial charge is 0.506 e. The number of likely N-dealkylation sites (N-methyl/N-ethyl adjacent to an activating group) is 1. The highest BCUT2D eigenvalue weighted by molar-refractivity contribution is 6.15. The number of aliphatic hydroxyl groups excluding tert-OH is 1. The van der Waals surface area contributed by atoms with Crippen molar-refractivity contribution in [2.24, 2.45) is 0 Å². The van der Waals surface area contributed by atoms with Crippen LogP contribution in [0.2, 0.25) is 0 Å². The van der Waals surface area contributed by atoms with E-state index < -0.39 is 11.6 Å². The van der Waals surface area contributed by atoms with E-state index in [4.69, 9.17) is 0 Å². The molecule has 2 aliphatic heterocycles. The minimum atomic E-state index is -0.791. The summed E-state index contributed by atoms with van der Waals surface area (Å²) in [6.45, 7) is 16.2. The number of aliphatic hydroxyl groups is 1. The first-order chi connectivity index (χ1) is 21.2. The van der Waals surface area contributed by atoms with Crippen molar-refractivity contribution < 1.29 is 18.7 Å². The number of halogens is 3. The lowest BCUT2D eigenvalue weighted by Crippen LogP contribution is -2.50. The van der Waals surface area contributed by atoms with E-state index in [0.29, 0.717) is 35.9 Å². The standard InChI is InChI=1S/C27H40N4O2.C7H6F2.CH3Cl/c1-5-22(27(33)29-7-3)15-26(32)20(4)30-18-25-16-24(30)19-31(25)23(6-2)13-14-28-17-21-11-9-8-10-12-21;1-5-2-3-6(8)7(9)4-5;1-2/h5,8-12,15,23-25,28,32H,4,6-7,13-14,16-19H2,1-3H3,(H,29,33);2-4H,1H3;1H3/b22-5+,26-15+;;. The van der Waals surface area contributed by atoms with E-state index in [2.05, 4.69) is 75.9 Å². The monoisotopic (exact) mass is 630 g/mol. The molecule has 3 N–H and O–H groups in total. The average Bonchev–Trinajstić information content (AvgIpc) is 3.65. The molecule has 242 valence electrons. The molecule has 2 aromatic rings. The summed E-state index contributed by atoms with van der Waals surface area (Å²) in [5.74, 6) is -1.68. The zero-order valence-corrected chi connectivity index (χ0v) is 27.5. The van der Waals surface area contributed by atoms with E-state index in [1.807, 2.05) is 6.92 Å². The number of nitrogens with zero attached hydrogens (tertiary/aromatic N) is 2. The zero-order valence-electron chi connectivity index (χ0n) is 26.8. The van der Waals surface area contributed by atoms with Crippen LogP contribution in [-0.2, 0) is 11.3 Å². The Hall–Kier alpha value is -3.20. The van der Waals surface area contributed by atoms with Crippen LogP contribution in [-0.4, -0.2) is 71.5 Å². The van der Waals surface area contributed by atoms with Gasteiger partial charge < -0.3 is 20.6 Å². The molecule has 0 aliphatic carbocycles. The lowest BCUT2D eigenvalue weighted by molar-refractivity contribution is -0.117. The predicted octanol–water partition coefficient (Wildman–Crippen LogP) is 6.87. The highest BCUT2D eigenvalue weighted by Gasteiger charge is 2.45. The van der Waals surface area contributed by atoms with E-state index in [-0.39, 0.29) is 11.7 Å². The van der Waals surface area contributed by atoms with Gasteiger partial charge >= 0.3 is 0 Å². The van der Waals surface area contributed by atoms with E-state index in [0.717, 1.165) is 63.1 Å². The first kappa shape index (κ1) is 37.0. The first-order valence-corrected chi connectivity index (χ1v) is 16.0. The number of piperazine rings is 1. The number of hydrogen-bond donors (Lipinski definition) is 3. The Morgan fingerprint density at radius 1 is 1.11 bits per heavy atom. The van der Waals surface area contributed by atoms with Gasteiger partial charge in [0.1, 0.15) is 5.76 Å². The minimum absolute atomic E-state index is 0.0746. The van der Waals surface area contributed by atoms with E-state index in [1.54, 1.807) is 19.9 Å². The van der Waals surface area contributed by atoms with Gasteiger partial charge in [0.25, 0.3) is 5.91 Å². The molecule has 1 amide bonds. The molecule has 2 aliphatic rings. The molecule has 3 atom stereocenters. The molecule has 44 heavy (non-hydrogen) atoms. The summed E-state index contributed by atoms with van der Waals surface area (Å²) in [6, 6.07) is 15.8. The summed E-state index contributed by atoms with van der Waals surface area (Å²) in [7, 11) is 0. The zero-order chi connectivity index (χ0) is 32.6. The molecule has 4 rings (SSSR count). The third-order valence-corrected chi connectivity index (χ3v) is 7.97. The summed E-state index contributed by atoms with van der Waals surface area (Å²) in [5.41, 5.74) is 3.12. The van der Waals surface area contributed by atoms with Gasteiger partial charge in [-0.25, -0.2) is 8.78 Å². The minimum Gasteiger partial charge on any atom is -0.506 e. The maximum absolute atomic E-state index is 12.2. The molecule has 2 saturated heterocycles. The number of carbonyl (C=O) groups excluding carboxylic acids is 1. The maximum atomic E-state index is 12.2. The van der Waals surface area contributed by atoms with Crippen molar-refractivity contribution in [1.82, 2.24) is 20.4 Å². The van der Waals surface area contributed by atoms with Crippen molar-refractivity contribution in [2.45, 2.75) is 71.6 Å².